The number of benzene rings is 1. The molecule has 1 aliphatic rings. The molecule has 1 aromatic rings. The Hall–Kier alpha value is -3.23. The number of amides is 5. The van der Waals surface area contributed by atoms with Gasteiger partial charge in [-0.2, -0.15) is 0 Å². The maximum absolute atomic E-state index is 12.4. The molecular formula is C20H25N3O6. The minimum Gasteiger partial charge on any atom is -0.452 e. The van der Waals surface area contributed by atoms with Crippen molar-refractivity contribution in [2.75, 3.05) is 6.54 Å². The number of imide groups is 2. The number of urea groups is 1. The van der Waals surface area contributed by atoms with Gasteiger partial charge in [-0.1, -0.05) is 11.6 Å². The molecule has 0 saturated carbocycles. The molecule has 9 heteroatoms. The van der Waals surface area contributed by atoms with Gasteiger partial charge in [0.1, 0.15) is 0 Å². The fourth-order valence-corrected chi connectivity index (χ4v) is 2.71. The van der Waals surface area contributed by atoms with Gasteiger partial charge in [0.25, 0.3) is 17.7 Å². The predicted molar refractivity (Wildman–Crippen MR) is 103 cm³/mol. The largest absolute Gasteiger partial charge is 0.452 e. The third kappa shape index (κ3) is 5.63. The van der Waals surface area contributed by atoms with E-state index in [1.807, 2.05) is 6.92 Å². The normalized spacial score (nSPS) is 14.3. The lowest BCUT2D eigenvalue weighted by Gasteiger charge is -2.21. The monoisotopic (exact) mass is 403 g/mol. The maximum Gasteiger partial charge on any atom is 0.321 e. The molecule has 29 heavy (non-hydrogen) atoms. The van der Waals surface area contributed by atoms with E-state index in [2.05, 4.69) is 10.6 Å². The summed E-state index contributed by atoms with van der Waals surface area (Å²) in [5, 5.41) is 4.64. The Kier molecular flexibility index (Phi) is 6.41. The second-order valence-electron chi connectivity index (χ2n) is 7.89. The van der Waals surface area contributed by atoms with Crippen LogP contribution < -0.4 is 10.6 Å². The Morgan fingerprint density at radius 2 is 1.72 bits per heavy atom. The molecule has 156 valence electrons. The molecule has 0 aromatic heterocycles. The molecule has 0 aliphatic carbocycles. The molecule has 2 rings (SSSR count). The molecule has 1 aromatic carbocycles. The molecule has 0 saturated heterocycles. The highest BCUT2D eigenvalue weighted by atomic mass is 16.5. The number of nitrogens with zero attached hydrogens (tertiary/aromatic N) is 1. The number of rotatable bonds is 5. The first-order chi connectivity index (χ1) is 13.4. The summed E-state index contributed by atoms with van der Waals surface area (Å²) < 4.78 is 4.99. The number of fused-ring (bicyclic) bond motifs is 1. The van der Waals surface area contributed by atoms with Crippen LogP contribution >= 0.6 is 0 Å². The van der Waals surface area contributed by atoms with Gasteiger partial charge in [0.2, 0.25) is 0 Å². The van der Waals surface area contributed by atoms with E-state index < -0.39 is 41.4 Å². The van der Waals surface area contributed by atoms with E-state index in [4.69, 9.17) is 4.74 Å². The Labute approximate surface area is 168 Å². The van der Waals surface area contributed by atoms with E-state index in [-0.39, 0.29) is 13.0 Å². The molecule has 0 spiro atoms. The summed E-state index contributed by atoms with van der Waals surface area (Å²) in [6.45, 7) is 8.22. The minimum absolute atomic E-state index is 0.164. The van der Waals surface area contributed by atoms with Crippen LogP contribution in [0.2, 0.25) is 0 Å². The number of hydrogen-bond donors (Lipinski definition) is 2. The average molecular weight is 403 g/mol. The summed E-state index contributed by atoms with van der Waals surface area (Å²) in [6.07, 6.45) is -1.48. The summed E-state index contributed by atoms with van der Waals surface area (Å²) in [5.41, 5.74) is 0.920. The zero-order valence-corrected chi connectivity index (χ0v) is 17.1. The van der Waals surface area contributed by atoms with E-state index in [0.29, 0.717) is 11.1 Å². The van der Waals surface area contributed by atoms with Crippen LogP contribution in [0.15, 0.2) is 18.2 Å². The van der Waals surface area contributed by atoms with Crippen molar-refractivity contribution in [1.29, 1.82) is 0 Å². The summed E-state index contributed by atoms with van der Waals surface area (Å²) in [6, 6.07) is 4.24. The molecule has 0 fully saturated rings. The Morgan fingerprint density at radius 1 is 1.10 bits per heavy atom. The quantitative estimate of drug-likeness (QED) is 0.568. The highest BCUT2D eigenvalue weighted by Crippen LogP contribution is 2.24. The molecule has 5 amide bonds. The first-order valence-corrected chi connectivity index (χ1v) is 9.18. The van der Waals surface area contributed by atoms with Gasteiger partial charge in [-0.15, -0.1) is 0 Å². The van der Waals surface area contributed by atoms with Gasteiger partial charge in [0.15, 0.2) is 6.10 Å². The van der Waals surface area contributed by atoms with Crippen molar-refractivity contribution >= 4 is 29.7 Å². The van der Waals surface area contributed by atoms with Crippen molar-refractivity contribution < 1.29 is 28.7 Å². The van der Waals surface area contributed by atoms with Crippen LogP contribution in [0.4, 0.5) is 4.79 Å². The number of esters is 1. The Balaban J connectivity index is 1.85. The second kappa shape index (κ2) is 8.42. The van der Waals surface area contributed by atoms with E-state index >= 15 is 0 Å². The van der Waals surface area contributed by atoms with Crippen molar-refractivity contribution in [1.82, 2.24) is 15.5 Å². The summed E-state index contributed by atoms with van der Waals surface area (Å²) in [5.74, 6) is -2.48. The van der Waals surface area contributed by atoms with Gasteiger partial charge in [-0.05, 0) is 46.8 Å². The first kappa shape index (κ1) is 22.1. The lowest BCUT2D eigenvalue weighted by molar-refractivity contribution is -0.154. The topological polar surface area (TPSA) is 122 Å². The summed E-state index contributed by atoms with van der Waals surface area (Å²) >= 11 is 0. The molecular weight excluding hydrogens is 378 g/mol. The number of carbonyl (C=O) groups is 5. The lowest BCUT2D eigenvalue weighted by atomic mass is 10.1. The van der Waals surface area contributed by atoms with Crippen LogP contribution in [0.1, 0.15) is 60.4 Å². The molecule has 2 N–H and O–H groups in total. The molecule has 1 heterocycles. The molecule has 0 radical (unpaired) electrons. The van der Waals surface area contributed by atoms with Crippen molar-refractivity contribution in [3.63, 3.8) is 0 Å². The third-order valence-electron chi connectivity index (χ3n) is 4.07. The van der Waals surface area contributed by atoms with Crippen LogP contribution in [-0.2, 0) is 14.3 Å². The van der Waals surface area contributed by atoms with E-state index in [9.17, 15) is 24.0 Å². The van der Waals surface area contributed by atoms with E-state index in [0.717, 1.165) is 10.5 Å². The van der Waals surface area contributed by atoms with Gasteiger partial charge in [0, 0.05) is 12.1 Å². The number of nitrogens with one attached hydrogen (secondary N) is 2. The van der Waals surface area contributed by atoms with Crippen LogP contribution in [0.3, 0.4) is 0 Å². The molecule has 1 atom stereocenters. The molecule has 1 aliphatic heterocycles. The molecule has 9 nitrogen and oxygen atoms in total. The Morgan fingerprint density at radius 3 is 2.34 bits per heavy atom. The van der Waals surface area contributed by atoms with Crippen LogP contribution in [0.5, 0.6) is 0 Å². The fraction of sp³-hybridized carbons (Fsp3) is 0.450. The third-order valence-corrected chi connectivity index (χ3v) is 4.07. The van der Waals surface area contributed by atoms with Crippen LogP contribution in [0, 0.1) is 6.92 Å². The number of carbonyl (C=O) groups excluding carboxylic acids is 5. The van der Waals surface area contributed by atoms with Crippen LogP contribution in [0.25, 0.3) is 0 Å². The average Bonchev–Trinajstić information content (AvgIpc) is 2.81. The van der Waals surface area contributed by atoms with Gasteiger partial charge in [-0.3, -0.25) is 29.4 Å². The summed E-state index contributed by atoms with van der Waals surface area (Å²) in [7, 11) is 0. The standard InChI is InChI=1S/C20H25N3O6/c1-11-6-7-13-14(10-11)18(27)23(17(13)26)9-8-15(24)29-12(2)16(25)21-19(28)22-20(3,4)5/h6-7,10,12H,8-9H2,1-5H3,(H2,21,22,25,28). The summed E-state index contributed by atoms with van der Waals surface area (Å²) in [4.78, 5) is 61.4. The highest BCUT2D eigenvalue weighted by Gasteiger charge is 2.35. The molecule has 1 unspecified atom stereocenters. The second-order valence-corrected chi connectivity index (χ2v) is 7.89. The van der Waals surface area contributed by atoms with Gasteiger partial charge >= 0.3 is 12.0 Å². The SMILES string of the molecule is Cc1ccc2c(c1)C(=O)N(CCC(=O)OC(C)C(=O)NC(=O)NC(C)(C)C)C2=O. The molecule has 0 bridgehead atoms. The van der Waals surface area contributed by atoms with Crippen molar-refractivity contribution in [3.05, 3.63) is 34.9 Å². The predicted octanol–water partition coefficient (Wildman–Crippen LogP) is 1.54. The Bertz CT molecular complexity index is 871. The van der Waals surface area contributed by atoms with Gasteiger partial charge < -0.3 is 10.1 Å². The number of ether oxygens (including phenoxy) is 1. The first-order valence-electron chi connectivity index (χ1n) is 9.18. The van der Waals surface area contributed by atoms with Crippen molar-refractivity contribution in [2.24, 2.45) is 0 Å². The smallest absolute Gasteiger partial charge is 0.321 e. The zero-order chi connectivity index (χ0) is 21.9. The van der Waals surface area contributed by atoms with Gasteiger partial charge in [-0.25, -0.2) is 4.79 Å². The van der Waals surface area contributed by atoms with Crippen molar-refractivity contribution in [3.8, 4) is 0 Å². The fourth-order valence-electron chi connectivity index (χ4n) is 2.71. The van der Waals surface area contributed by atoms with Crippen LogP contribution in [-0.4, -0.2) is 52.8 Å². The lowest BCUT2D eigenvalue weighted by Crippen LogP contribution is -2.50. The van der Waals surface area contributed by atoms with Gasteiger partial charge in [0.05, 0.1) is 17.5 Å². The van der Waals surface area contributed by atoms with E-state index in [1.165, 1.54) is 6.92 Å². The highest BCUT2D eigenvalue weighted by molar-refractivity contribution is 6.21. The van der Waals surface area contributed by atoms with E-state index in [1.54, 1.807) is 39.0 Å². The zero-order valence-electron chi connectivity index (χ0n) is 17.1. The number of hydrogen-bond acceptors (Lipinski definition) is 6. The number of aryl methyl sites for hydroxylation is 1. The maximum atomic E-state index is 12.4. The minimum atomic E-state index is -1.21. The van der Waals surface area contributed by atoms with Crippen molar-refractivity contribution in [2.45, 2.75) is 52.7 Å².